The molecular weight excluding hydrogens is 336 g/mol. The molecule has 1 fully saturated rings. The molecule has 148 valence electrons. The second-order valence-electron chi connectivity index (χ2n) is 8.31. The summed E-state index contributed by atoms with van der Waals surface area (Å²) in [6, 6.07) is 8.66. The number of imidazole rings is 1. The Hall–Kier alpha value is -2.04. The first-order valence-electron chi connectivity index (χ1n) is 10.5. The van der Waals surface area contributed by atoms with Crippen molar-refractivity contribution in [2.45, 2.75) is 66.0 Å². The highest BCUT2D eigenvalue weighted by Crippen LogP contribution is 2.28. The summed E-state index contributed by atoms with van der Waals surface area (Å²) in [6.45, 7) is 11.5. The predicted octanol–water partition coefficient (Wildman–Crippen LogP) is 4.21. The maximum atomic E-state index is 12.4. The predicted molar refractivity (Wildman–Crippen MR) is 112 cm³/mol. The lowest BCUT2D eigenvalue weighted by Crippen LogP contribution is -2.43. The number of fused-ring (bicyclic) bond motifs is 1. The van der Waals surface area contributed by atoms with Gasteiger partial charge < -0.3 is 14.8 Å². The molecule has 0 spiro atoms. The molecule has 2 heterocycles. The number of carbonyl (C=O) groups excluding carboxylic acids is 1. The van der Waals surface area contributed by atoms with Crippen LogP contribution in [0.4, 0.5) is 5.95 Å². The summed E-state index contributed by atoms with van der Waals surface area (Å²) in [5, 5.41) is 3.14. The number of piperidine rings is 1. The van der Waals surface area contributed by atoms with E-state index in [4.69, 9.17) is 4.98 Å². The molecule has 5 heteroatoms. The minimum absolute atomic E-state index is 0.128. The van der Waals surface area contributed by atoms with E-state index < -0.39 is 0 Å². The molecule has 1 aliphatic heterocycles. The Morgan fingerprint density at radius 1 is 1.22 bits per heavy atom. The minimum atomic E-state index is 0.128. The van der Waals surface area contributed by atoms with E-state index in [1.54, 1.807) is 0 Å². The van der Waals surface area contributed by atoms with Gasteiger partial charge in [0.2, 0.25) is 11.9 Å². The van der Waals surface area contributed by atoms with Gasteiger partial charge in [-0.05, 0) is 50.7 Å². The van der Waals surface area contributed by atoms with Crippen LogP contribution in [0.5, 0.6) is 0 Å². The van der Waals surface area contributed by atoms with Gasteiger partial charge in [0.25, 0.3) is 0 Å². The second kappa shape index (κ2) is 8.77. The fourth-order valence-corrected chi connectivity index (χ4v) is 3.72. The lowest BCUT2D eigenvalue weighted by atomic mass is 9.95. The standard InChI is InChI=1S/C22H34N4O/c1-5-17(4)23-21(27)18-11-13-25(14-12-18)22-24-19-8-6-7-9-20(19)26(22)15-10-16(2)3/h6-9,16-18H,5,10-15H2,1-4H3,(H,23,27)/t17-/m0/s1. The molecule has 0 radical (unpaired) electrons. The molecule has 5 nitrogen and oxygen atoms in total. The van der Waals surface area contributed by atoms with Gasteiger partial charge in [0.05, 0.1) is 11.0 Å². The fraction of sp³-hybridized carbons (Fsp3) is 0.636. The van der Waals surface area contributed by atoms with Crippen LogP contribution in [0.2, 0.25) is 0 Å². The largest absolute Gasteiger partial charge is 0.353 e. The lowest BCUT2D eigenvalue weighted by Gasteiger charge is -2.33. The van der Waals surface area contributed by atoms with E-state index in [1.807, 2.05) is 0 Å². The third-order valence-corrected chi connectivity index (χ3v) is 5.71. The van der Waals surface area contributed by atoms with Crippen LogP contribution in [0.15, 0.2) is 24.3 Å². The highest BCUT2D eigenvalue weighted by atomic mass is 16.1. The molecule has 1 aromatic carbocycles. The number of aromatic nitrogens is 2. The monoisotopic (exact) mass is 370 g/mol. The Balaban J connectivity index is 1.73. The smallest absolute Gasteiger partial charge is 0.223 e. The number of para-hydroxylation sites is 2. The quantitative estimate of drug-likeness (QED) is 0.794. The molecule has 1 aromatic heterocycles. The third kappa shape index (κ3) is 4.63. The highest BCUT2D eigenvalue weighted by Gasteiger charge is 2.28. The summed E-state index contributed by atoms with van der Waals surface area (Å²) in [5.41, 5.74) is 2.28. The van der Waals surface area contributed by atoms with Gasteiger partial charge in [0.15, 0.2) is 0 Å². The number of anilines is 1. The van der Waals surface area contributed by atoms with Gasteiger partial charge in [-0.1, -0.05) is 32.9 Å². The van der Waals surface area contributed by atoms with Gasteiger partial charge in [0, 0.05) is 31.6 Å². The zero-order valence-corrected chi connectivity index (χ0v) is 17.2. The summed E-state index contributed by atoms with van der Waals surface area (Å²) < 4.78 is 2.37. The fourth-order valence-electron chi connectivity index (χ4n) is 3.72. The minimum Gasteiger partial charge on any atom is -0.353 e. The van der Waals surface area contributed by atoms with Crippen LogP contribution in [-0.2, 0) is 11.3 Å². The number of benzene rings is 1. The highest BCUT2D eigenvalue weighted by molar-refractivity contribution is 5.80. The van der Waals surface area contributed by atoms with E-state index in [0.29, 0.717) is 5.92 Å². The Morgan fingerprint density at radius 3 is 2.59 bits per heavy atom. The number of hydrogen-bond donors (Lipinski definition) is 1. The molecule has 0 bridgehead atoms. The lowest BCUT2D eigenvalue weighted by molar-refractivity contribution is -0.126. The number of amides is 1. The molecule has 27 heavy (non-hydrogen) atoms. The Kier molecular flexibility index (Phi) is 6.40. The summed E-state index contributed by atoms with van der Waals surface area (Å²) in [7, 11) is 0. The van der Waals surface area contributed by atoms with Crippen molar-refractivity contribution < 1.29 is 4.79 Å². The van der Waals surface area contributed by atoms with Gasteiger partial charge in [-0.15, -0.1) is 0 Å². The first-order valence-corrected chi connectivity index (χ1v) is 10.5. The van der Waals surface area contributed by atoms with E-state index in [1.165, 1.54) is 5.52 Å². The Morgan fingerprint density at radius 2 is 1.93 bits per heavy atom. The van der Waals surface area contributed by atoms with Crippen LogP contribution in [0.1, 0.15) is 53.4 Å². The molecule has 0 aliphatic carbocycles. The summed E-state index contributed by atoms with van der Waals surface area (Å²) in [6.07, 6.45) is 3.91. The van der Waals surface area contributed by atoms with Crippen molar-refractivity contribution in [1.82, 2.24) is 14.9 Å². The van der Waals surface area contributed by atoms with Crippen molar-refractivity contribution in [2.24, 2.45) is 11.8 Å². The van der Waals surface area contributed by atoms with Crippen molar-refractivity contribution in [3.63, 3.8) is 0 Å². The number of hydrogen-bond acceptors (Lipinski definition) is 3. The van der Waals surface area contributed by atoms with Gasteiger partial charge in [-0.2, -0.15) is 0 Å². The molecule has 1 aliphatic rings. The third-order valence-electron chi connectivity index (χ3n) is 5.71. The van der Waals surface area contributed by atoms with Crippen molar-refractivity contribution in [1.29, 1.82) is 0 Å². The van der Waals surface area contributed by atoms with Crippen LogP contribution >= 0.6 is 0 Å². The molecular formula is C22H34N4O. The zero-order chi connectivity index (χ0) is 19.4. The Labute approximate surface area is 163 Å². The number of nitrogens with one attached hydrogen (secondary N) is 1. The maximum absolute atomic E-state index is 12.4. The molecule has 1 N–H and O–H groups in total. The van der Waals surface area contributed by atoms with Crippen LogP contribution in [0, 0.1) is 11.8 Å². The van der Waals surface area contributed by atoms with Gasteiger partial charge >= 0.3 is 0 Å². The number of carbonyl (C=O) groups is 1. The maximum Gasteiger partial charge on any atom is 0.223 e. The van der Waals surface area contributed by atoms with E-state index >= 15 is 0 Å². The molecule has 0 saturated carbocycles. The SMILES string of the molecule is CC[C@H](C)NC(=O)C1CCN(c2nc3ccccc3n2CCC(C)C)CC1. The first-order chi connectivity index (χ1) is 13.0. The zero-order valence-electron chi connectivity index (χ0n) is 17.2. The molecule has 0 unspecified atom stereocenters. The van der Waals surface area contributed by atoms with Crippen molar-refractivity contribution >= 4 is 22.9 Å². The molecule has 1 saturated heterocycles. The average Bonchev–Trinajstić information content (AvgIpc) is 3.04. The average molecular weight is 371 g/mol. The second-order valence-corrected chi connectivity index (χ2v) is 8.31. The summed E-state index contributed by atoms with van der Waals surface area (Å²) >= 11 is 0. The van der Waals surface area contributed by atoms with Gasteiger partial charge in [-0.25, -0.2) is 4.98 Å². The number of aryl methyl sites for hydroxylation is 1. The summed E-state index contributed by atoms with van der Waals surface area (Å²) in [4.78, 5) is 19.7. The number of nitrogens with zero attached hydrogens (tertiary/aromatic N) is 3. The molecule has 1 atom stereocenters. The van der Waals surface area contributed by atoms with E-state index in [2.05, 4.69) is 66.7 Å². The molecule has 1 amide bonds. The van der Waals surface area contributed by atoms with Crippen LogP contribution in [0.25, 0.3) is 11.0 Å². The van der Waals surface area contributed by atoms with Crippen LogP contribution in [0.3, 0.4) is 0 Å². The van der Waals surface area contributed by atoms with Crippen molar-refractivity contribution in [2.75, 3.05) is 18.0 Å². The number of rotatable bonds is 7. The summed E-state index contributed by atoms with van der Waals surface area (Å²) in [5.74, 6) is 2.08. The normalized spacial score (nSPS) is 16.9. The van der Waals surface area contributed by atoms with Gasteiger partial charge in [-0.3, -0.25) is 4.79 Å². The Bertz CT molecular complexity index is 759. The van der Waals surface area contributed by atoms with Crippen molar-refractivity contribution in [3.8, 4) is 0 Å². The molecule has 3 rings (SSSR count). The van der Waals surface area contributed by atoms with E-state index in [9.17, 15) is 4.79 Å². The topological polar surface area (TPSA) is 50.2 Å². The first kappa shape index (κ1) is 19.7. The molecule has 2 aromatic rings. The van der Waals surface area contributed by atoms with E-state index in [-0.39, 0.29) is 17.9 Å². The van der Waals surface area contributed by atoms with Crippen LogP contribution in [-0.4, -0.2) is 34.6 Å². The van der Waals surface area contributed by atoms with Crippen molar-refractivity contribution in [3.05, 3.63) is 24.3 Å². The van der Waals surface area contributed by atoms with Gasteiger partial charge in [0.1, 0.15) is 0 Å². The van der Waals surface area contributed by atoms with Crippen LogP contribution < -0.4 is 10.2 Å². The van der Waals surface area contributed by atoms with E-state index in [0.717, 1.165) is 56.8 Å².